The van der Waals surface area contributed by atoms with E-state index in [-0.39, 0.29) is 5.69 Å². The first-order chi connectivity index (χ1) is 12.1. The first-order valence-corrected chi connectivity index (χ1v) is 9.89. The summed E-state index contributed by atoms with van der Waals surface area (Å²) in [6.45, 7) is 2.77. The number of para-hydroxylation sites is 2. The van der Waals surface area contributed by atoms with Crippen molar-refractivity contribution in [1.29, 1.82) is 0 Å². The molecule has 0 saturated carbocycles. The largest absolute Gasteiger partial charge is 0.340 e. The predicted molar refractivity (Wildman–Crippen MR) is 97.3 cm³/mol. The molecule has 3 amide bonds. The Bertz CT molecular complexity index is 839. The van der Waals surface area contributed by atoms with Crippen molar-refractivity contribution in [3.8, 4) is 0 Å². The number of likely N-dealkylation sites (N-methyl/N-ethyl adjacent to an activating group) is 1. The van der Waals surface area contributed by atoms with Crippen LogP contribution < -0.4 is 20.9 Å². The maximum atomic E-state index is 12.7. The Labute approximate surface area is 152 Å². The van der Waals surface area contributed by atoms with Crippen molar-refractivity contribution in [3.63, 3.8) is 0 Å². The minimum absolute atomic E-state index is 0.252. The van der Waals surface area contributed by atoms with Gasteiger partial charge < -0.3 is 16.0 Å². The summed E-state index contributed by atoms with van der Waals surface area (Å²) in [6.07, 6.45) is 0.926. The van der Waals surface area contributed by atoms with Gasteiger partial charge in [0.1, 0.15) is 6.04 Å². The van der Waals surface area contributed by atoms with Gasteiger partial charge >= 0.3 is 0 Å². The van der Waals surface area contributed by atoms with Crippen LogP contribution in [0.4, 0.5) is 11.4 Å². The van der Waals surface area contributed by atoms with E-state index < -0.39 is 45.0 Å². The summed E-state index contributed by atoms with van der Waals surface area (Å²) in [7, 11) is -2.38. The Morgan fingerprint density at radius 1 is 1.27 bits per heavy atom. The molecular formula is C16H22N4O5S. The molecule has 0 bridgehead atoms. The van der Waals surface area contributed by atoms with Gasteiger partial charge in [-0.05, 0) is 26.1 Å². The monoisotopic (exact) mass is 382 g/mol. The normalized spacial score (nSPS) is 21.2. The molecule has 0 spiro atoms. The van der Waals surface area contributed by atoms with E-state index in [4.69, 9.17) is 0 Å². The van der Waals surface area contributed by atoms with Gasteiger partial charge in [0.25, 0.3) is 0 Å². The van der Waals surface area contributed by atoms with E-state index >= 15 is 0 Å². The summed E-state index contributed by atoms with van der Waals surface area (Å²) in [5.74, 6) is -1.84. The molecule has 0 radical (unpaired) electrons. The Kier molecular flexibility index (Phi) is 5.67. The molecule has 0 saturated heterocycles. The highest BCUT2D eigenvalue weighted by Crippen LogP contribution is 2.33. The zero-order valence-electron chi connectivity index (χ0n) is 14.9. The van der Waals surface area contributed by atoms with Crippen LogP contribution in [-0.4, -0.2) is 56.9 Å². The van der Waals surface area contributed by atoms with Gasteiger partial charge in [-0.3, -0.25) is 19.3 Å². The summed E-state index contributed by atoms with van der Waals surface area (Å²) in [6, 6.07) is 4.25. The van der Waals surface area contributed by atoms with Crippen LogP contribution in [0.5, 0.6) is 0 Å². The Morgan fingerprint density at radius 3 is 2.42 bits per heavy atom. The lowest BCUT2D eigenvalue weighted by Crippen LogP contribution is -2.61. The number of fused-ring (bicyclic) bond motifs is 1. The van der Waals surface area contributed by atoms with Crippen LogP contribution in [-0.2, 0) is 24.2 Å². The van der Waals surface area contributed by atoms with Gasteiger partial charge in [0.05, 0.1) is 17.4 Å². The number of rotatable bonds is 4. The molecule has 1 aromatic rings. The molecule has 142 valence electrons. The quantitative estimate of drug-likeness (QED) is 0.642. The van der Waals surface area contributed by atoms with Crippen LogP contribution >= 0.6 is 0 Å². The lowest BCUT2D eigenvalue weighted by atomic mass is 10.2. The molecule has 0 aliphatic carbocycles. The lowest BCUT2D eigenvalue weighted by Gasteiger charge is -2.32. The van der Waals surface area contributed by atoms with Gasteiger partial charge in [0.15, 0.2) is 15.2 Å². The van der Waals surface area contributed by atoms with Gasteiger partial charge in [0, 0.05) is 13.2 Å². The van der Waals surface area contributed by atoms with E-state index in [9.17, 15) is 22.8 Å². The number of carbonyl (C=O) groups excluding carboxylic acids is 3. The first-order valence-electron chi connectivity index (χ1n) is 7.94. The maximum Gasteiger partial charge on any atom is 0.250 e. The van der Waals surface area contributed by atoms with Gasteiger partial charge in [-0.1, -0.05) is 12.1 Å². The minimum atomic E-state index is -3.94. The molecule has 0 aromatic heterocycles. The number of carbonyl (C=O) groups is 3. The molecular weight excluding hydrogens is 360 g/mol. The summed E-state index contributed by atoms with van der Waals surface area (Å²) in [4.78, 5) is 38.3. The van der Waals surface area contributed by atoms with E-state index in [0.29, 0.717) is 5.69 Å². The average molecular weight is 382 g/mol. The number of hydrogen-bond acceptors (Lipinski definition) is 6. The third kappa shape index (κ3) is 3.86. The van der Waals surface area contributed by atoms with Crippen molar-refractivity contribution >= 4 is 38.9 Å². The molecule has 3 unspecified atom stereocenters. The molecule has 0 fully saturated rings. The van der Waals surface area contributed by atoms with Gasteiger partial charge in [-0.25, -0.2) is 8.42 Å². The Hall–Kier alpha value is -2.46. The number of amides is 3. The molecule has 1 aromatic carbocycles. The third-order valence-corrected chi connectivity index (χ3v) is 5.51. The molecule has 3 atom stereocenters. The van der Waals surface area contributed by atoms with Crippen LogP contribution in [0, 0.1) is 0 Å². The molecule has 10 heteroatoms. The van der Waals surface area contributed by atoms with Crippen LogP contribution in [0.25, 0.3) is 0 Å². The second kappa shape index (κ2) is 7.42. The second-order valence-electron chi connectivity index (χ2n) is 6.11. The molecule has 26 heavy (non-hydrogen) atoms. The smallest absolute Gasteiger partial charge is 0.250 e. The van der Waals surface area contributed by atoms with Crippen molar-refractivity contribution < 1.29 is 22.8 Å². The highest BCUT2D eigenvalue weighted by atomic mass is 32.2. The number of hydrogen-bond donors (Lipinski definition) is 3. The fourth-order valence-corrected chi connectivity index (χ4v) is 4.08. The Morgan fingerprint density at radius 2 is 1.88 bits per heavy atom. The molecule has 3 N–H and O–H groups in total. The van der Waals surface area contributed by atoms with Crippen molar-refractivity contribution in [2.45, 2.75) is 31.3 Å². The van der Waals surface area contributed by atoms with Crippen molar-refractivity contribution in [2.75, 3.05) is 23.5 Å². The number of sulfone groups is 1. The summed E-state index contributed by atoms with van der Waals surface area (Å²) in [5.41, 5.74) is 0.543. The van der Waals surface area contributed by atoms with Gasteiger partial charge in [-0.15, -0.1) is 0 Å². The fraction of sp³-hybridized carbons (Fsp3) is 0.438. The highest BCUT2D eigenvalue weighted by molar-refractivity contribution is 7.91. The van der Waals surface area contributed by atoms with Crippen molar-refractivity contribution in [1.82, 2.24) is 10.6 Å². The van der Waals surface area contributed by atoms with E-state index in [1.165, 1.54) is 13.0 Å². The molecule has 2 rings (SSSR count). The van der Waals surface area contributed by atoms with E-state index in [0.717, 1.165) is 11.2 Å². The summed E-state index contributed by atoms with van der Waals surface area (Å²) < 4.78 is 25.0. The Balaban J connectivity index is 2.62. The summed E-state index contributed by atoms with van der Waals surface area (Å²) in [5, 5.41) is 6.18. The summed E-state index contributed by atoms with van der Waals surface area (Å²) >= 11 is 0. The zero-order valence-corrected chi connectivity index (χ0v) is 15.8. The molecule has 1 heterocycles. The van der Waals surface area contributed by atoms with E-state index in [2.05, 4.69) is 16.0 Å². The second-order valence-corrected chi connectivity index (χ2v) is 8.25. The number of nitrogens with zero attached hydrogens (tertiary/aromatic N) is 1. The SMILES string of the molecule is CNC(C)C(=O)NC1C(=O)Nc2ccccc2N(C(C)=O)C1S(C)(=O)=O. The number of benzene rings is 1. The van der Waals surface area contributed by atoms with E-state index in [1.54, 1.807) is 32.2 Å². The molecule has 1 aliphatic rings. The fourth-order valence-electron chi connectivity index (χ4n) is 2.75. The first kappa shape index (κ1) is 19.9. The molecule has 1 aliphatic heterocycles. The van der Waals surface area contributed by atoms with Crippen LogP contribution in [0.3, 0.4) is 0 Å². The highest BCUT2D eigenvalue weighted by Gasteiger charge is 2.46. The van der Waals surface area contributed by atoms with Crippen LogP contribution in [0.1, 0.15) is 13.8 Å². The maximum absolute atomic E-state index is 12.7. The van der Waals surface area contributed by atoms with Crippen molar-refractivity contribution in [3.05, 3.63) is 24.3 Å². The minimum Gasteiger partial charge on any atom is -0.340 e. The number of anilines is 2. The number of nitrogens with one attached hydrogen (secondary N) is 3. The lowest BCUT2D eigenvalue weighted by molar-refractivity contribution is -0.127. The zero-order chi connectivity index (χ0) is 19.6. The van der Waals surface area contributed by atoms with Gasteiger partial charge in [-0.2, -0.15) is 0 Å². The topological polar surface area (TPSA) is 125 Å². The third-order valence-electron chi connectivity index (χ3n) is 4.15. The predicted octanol–water partition coefficient (Wildman–Crippen LogP) is -0.545. The van der Waals surface area contributed by atoms with Crippen LogP contribution in [0.2, 0.25) is 0 Å². The van der Waals surface area contributed by atoms with Crippen LogP contribution in [0.15, 0.2) is 24.3 Å². The van der Waals surface area contributed by atoms with Crippen molar-refractivity contribution in [2.24, 2.45) is 0 Å². The average Bonchev–Trinajstić information content (AvgIpc) is 2.68. The standard InChI is InChI=1S/C16H22N4O5S/c1-9(17-3)14(22)19-13-15(23)18-11-7-5-6-8-12(11)20(10(2)21)16(13)26(4,24)25/h5-9,13,16-17H,1-4H3,(H,18,23)(H,19,22). The van der Waals surface area contributed by atoms with E-state index in [1.807, 2.05) is 0 Å². The molecule has 9 nitrogen and oxygen atoms in total. The van der Waals surface area contributed by atoms with Gasteiger partial charge in [0.2, 0.25) is 17.7 Å².